The zero-order chi connectivity index (χ0) is 18.7. The molecule has 3 nitrogen and oxygen atoms in total. The Labute approximate surface area is 163 Å². The van der Waals surface area contributed by atoms with Crippen molar-refractivity contribution in [2.45, 2.75) is 11.8 Å². The van der Waals surface area contributed by atoms with Crippen LogP contribution in [0.4, 0.5) is 0 Å². The van der Waals surface area contributed by atoms with Crippen molar-refractivity contribution in [3.8, 4) is 17.1 Å². The zero-order valence-corrected chi connectivity index (χ0v) is 15.5. The highest BCUT2D eigenvalue weighted by atomic mass is 16.5. The summed E-state index contributed by atoms with van der Waals surface area (Å²) in [5, 5.41) is 9.10. The van der Waals surface area contributed by atoms with Gasteiger partial charge < -0.3 is 4.74 Å². The molecule has 2 bridgehead atoms. The van der Waals surface area contributed by atoms with Gasteiger partial charge in [0.05, 0.1) is 12.8 Å². The van der Waals surface area contributed by atoms with E-state index in [0.717, 1.165) is 11.3 Å². The molecule has 3 aliphatic carbocycles. The minimum atomic E-state index is 0.125. The summed E-state index contributed by atoms with van der Waals surface area (Å²) >= 11 is 0. The molecule has 3 heteroatoms. The summed E-state index contributed by atoms with van der Waals surface area (Å²) in [6.45, 7) is 0. The molecule has 134 valence electrons. The molecule has 1 heterocycles. The fourth-order valence-electron chi connectivity index (χ4n) is 5.01. The van der Waals surface area contributed by atoms with Crippen LogP contribution in [0.1, 0.15) is 45.2 Å². The number of hydrogen-bond donors (Lipinski definition) is 0. The molecule has 0 N–H and O–H groups in total. The van der Waals surface area contributed by atoms with Crippen LogP contribution in [0, 0.1) is 0 Å². The van der Waals surface area contributed by atoms with Crippen LogP contribution in [0.5, 0.6) is 5.88 Å². The second-order valence-electron chi connectivity index (χ2n) is 7.38. The van der Waals surface area contributed by atoms with Gasteiger partial charge in [-0.2, -0.15) is 0 Å². The molecular formula is C25H18N2O. The van der Waals surface area contributed by atoms with Crippen molar-refractivity contribution in [3.05, 3.63) is 112 Å². The standard InChI is InChI=1S/C25H18N2O/c1-28-25-23-21-18-13-7-5-11-16(18)20(17-12-6-8-14-19(17)21)22(23)24(26-27-25)15-9-3-2-4-10-15/h2-14,20-21H,1H3. The Kier molecular flexibility index (Phi) is 3.21. The van der Waals surface area contributed by atoms with E-state index in [0.29, 0.717) is 5.88 Å². The van der Waals surface area contributed by atoms with Gasteiger partial charge in [-0.25, -0.2) is 0 Å². The molecule has 0 aliphatic heterocycles. The minimum Gasteiger partial charge on any atom is -0.480 e. The lowest BCUT2D eigenvalue weighted by molar-refractivity contribution is 0.383. The number of ether oxygens (including phenoxy) is 1. The molecule has 28 heavy (non-hydrogen) atoms. The molecule has 0 fully saturated rings. The summed E-state index contributed by atoms with van der Waals surface area (Å²) < 4.78 is 5.71. The molecule has 0 radical (unpaired) electrons. The average Bonchev–Trinajstić information content (AvgIpc) is 2.78. The van der Waals surface area contributed by atoms with Crippen molar-refractivity contribution in [2.24, 2.45) is 0 Å². The summed E-state index contributed by atoms with van der Waals surface area (Å²) in [5.74, 6) is 0.904. The monoisotopic (exact) mass is 362 g/mol. The third-order valence-corrected chi connectivity index (χ3v) is 6.07. The number of benzene rings is 3. The lowest BCUT2D eigenvalue weighted by atomic mass is 9.60. The van der Waals surface area contributed by atoms with E-state index in [2.05, 4.69) is 83.0 Å². The summed E-state index contributed by atoms with van der Waals surface area (Å²) in [5.41, 5.74) is 9.89. The van der Waals surface area contributed by atoms with Crippen LogP contribution < -0.4 is 4.74 Å². The van der Waals surface area contributed by atoms with E-state index in [1.807, 2.05) is 6.07 Å². The molecule has 4 aromatic rings. The highest BCUT2D eigenvalue weighted by Crippen LogP contribution is 2.58. The second kappa shape index (κ2) is 5.77. The van der Waals surface area contributed by atoms with Crippen molar-refractivity contribution in [3.63, 3.8) is 0 Å². The zero-order valence-electron chi connectivity index (χ0n) is 15.5. The molecule has 1 aromatic heterocycles. The summed E-state index contributed by atoms with van der Waals surface area (Å²) in [6, 6.07) is 27.9. The van der Waals surface area contributed by atoms with Gasteiger partial charge in [0.25, 0.3) is 0 Å². The first-order valence-electron chi connectivity index (χ1n) is 9.56. The SMILES string of the molecule is COc1nnc(-c2ccccc2)c2c1C1c3ccccc3C2c2ccccc21. The molecule has 0 amide bonds. The van der Waals surface area contributed by atoms with Gasteiger partial charge in [-0.05, 0) is 22.3 Å². The molecule has 0 saturated heterocycles. The van der Waals surface area contributed by atoms with Gasteiger partial charge in [-0.3, -0.25) is 0 Å². The lowest BCUT2D eigenvalue weighted by Gasteiger charge is -2.42. The Hall–Kier alpha value is -3.46. The van der Waals surface area contributed by atoms with E-state index >= 15 is 0 Å². The summed E-state index contributed by atoms with van der Waals surface area (Å²) in [7, 11) is 1.69. The predicted octanol–water partition coefficient (Wildman–Crippen LogP) is 5.14. The van der Waals surface area contributed by atoms with Gasteiger partial charge in [0.1, 0.15) is 0 Å². The first-order chi connectivity index (χ1) is 13.9. The fourth-order valence-corrected chi connectivity index (χ4v) is 5.01. The molecule has 3 aliphatic rings. The van der Waals surface area contributed by atoms with E-state index in [4.69, 9.17) is 4.74 Å². The number of methoxy groups -OCH3 is 1. The van der Waals surface area contributed by atoms with Gasteiger partial charge in [0.15, 0.2) is 0 Å². The van der Waals surface area contributed by atoms with Gasteiger partial charge >= 0.3 is 0 Å². The van der Waals surface area contributed by atoms with E-state index in [1.165, 1.54) is 33.4 Å². The molecule has 0 saturated carbocycles. The van der Waals surface area contributed by atoms with E-state index in [9.17, 15) is 0 Å². The van der Waals surface area contributed by atoms with Crippen LogP contribution in [-0.4, -0.2) is 17.3 Å². The smallest absolute Gasteiger partial charge is 0.237 e. The first kappa shape index (κ1) is 15.6. The highest BCUT2D eigenvalue weighted by Gasteiger charge is 2.45. The number of aromatic nitrogens is 2. The van der Waals surface area contributed by atoms with Crippen LogP contribution in [0.2, 0.25) is 0 Å². The van der Waals surface area contributed by atoms with E-state index in [1.54, 1.807) is 7.11 Å². The molecular weight excluding hydrogens is 344 g/mol. The summed E-state index contributed by atoms with van der Waals surface area (Å²) in [4.78, 5) is 0. The quantitative estimate of drug-likeness (QED) is 0.428. The van der Waals surface area contributed by atoms with Crippen molar-refractivity contribution < 1.29 is 4.74 Å². The highest BCUT2D eigenvalue weighted by molar-refractivity contribution is 5.77. The second-order valence-corrected chi connectivity index (χ2v) is 7.38. The molecule has 0 atom stereocenters. The molecule has 0 spiro atoms. The maximum Gasteiger partial charge on any atom is 0.237 e. The Morgan fingerprint density at radius 2 is 1.11 bits per heavy atom. The predicted molar refractivity (Wildman–Crippen MR) is 109 cm³/mol. The van der Waals surface area contributed by atoms with Gasteiger partial charge in [-0.15, -0.1) is 10.2 Å². The van der Waals surface area contributed by atoms with Crippen molar-refractivity contribution in [2.75, 3.05) is 7.11 Å². The normalized spacial score (nSPS) is 18.2. The van der Waals surface area contributed by atoms with E-state index < -0.39 is 0 Å². The van der Waals surface area contributed by atoms with E-state index in [-0.39, 0.29) is 11.8 Å². The van der Waals surface area contributed by atoms with Crippen LogP contribution in [0.15, 0.2) is 78.9 Å². The number of hydrogen-bond acceptors (Lipinski definition) is 3. The van der Waals surface area contributed by atoms with Gasteiger partial charge in [0, 0.05) is 28.5 Å². The first-order valence-corrected chi connectivity index (χ1v) is 9.56. The Bertz CT molecular complexity index is 1170. The number of nitrogens with zero attached hydrogens (tertiary/aromatic N) is 2. The lowest BCUT2D eigenvalue weighted by Crippen LogP contribution is -2.29. The maximum absolute atomic E-state index is 5.71. The number of rotatable bonds is 2. The Morgan fingerprint density at radius 3 is 1.64 bits per heavy atom. The van der Waals surface area contributed by atoms with Crippen molar-refractivity contribution in [1.29, 1.82) is 0 Å². The van der Waals surface area contributed by atoms with Crippen LogP contribution >= 0.6 is 0 Å². The van der Waals surface area contributed by atoms with Crippen molar-refractivity contribution >= 4 is 0 Å². The topological polar surface area (TPSA) is 35.0 Å². The Morgan fingerprint density at radius 1 is 0.607 bits per heavy atom. The fraction of sp³-hybridized carbons (Fsp3) is 0.120. The summed E-state index contributed by atoms with van der Waals surface area (Å²) in [6.07, 6.45) is 0. The molecule has 7 rings (SSSR count). The van der Waals surface area contributed by atoms with Crippen LogP contribution in [0.25, 0.3) is 11.3 Å². The average molecular weight is 362 g/mol. The molecule has 3 aromatic carbocycles. The van der Waals surface area contributed by atoms with Gasteiger partial charge in [0.2, 0.25) is 5.88 Å². The van der Waals surface area contributed by atoms with Gasteiger partial charge in [-0.1, -0.05) is 78.9 Å². The Balaban J connectivity index is 1.75. The maximum atomic E-state index is 5.71. The third-order valence-electron chi connectivity index (χ3n) is 6.07. The van der Waals surface area contributed by atoms with Crippen LogP contribution in [-0.2, 0) is 0 Å². The minimum absolute atomic E-state index is 0.125. The third kappa shape index (κ3) is 1.93. The van der Waals surface area contributed by atoms with Crippen molar-refractivity contribution in [1.82, 2.24) is 10.2 Å². The van der Waals surface area contributed by atoms with Crippen LogP contribution in [0.3, 0.4) is 0 Å². The molecule has 0 unspecified atom stereocenters. The largest absolute Gasteiger partial charge is 0.480 e.